The van der Waals surface area contributed by atoms with Crippen LogP contribution in [0.1, 0.15) is 16.1 Å². The minimum absolute atomic E-state index is 0.206. The minimum Gasteiger partial charge on any atom is -0.477 e. The highest BCUT2D eigenvalue weighted by Gasteiger charge is 2.20. The van der Waals surface area contributed by atoms with Crippen LogP contribution in [-0.4, -0.2) is 25.8 Å². The molecule has 2 N–H and O–H groups in total. The van der Waals surface area contributed by atoms with Gasteiger partial charge in [0.25, 0.3) is 0 Å². The number of H-pyrrole nitrogens is 1. The number of benzene rings is 1. The van der Waals surface area contributed by atoms with E-state index in [-0.39, 0.29) is 5.69 Å². The van der Waals surface area contributed by atoms with Gasteiger partial charge < -0.3 is 10.1 Å². The van der Waals surface area contributed by atoms with Gasteiger partial charge in [-0.15, -0.1) is 0 Å². The number of para-hydroxylation sites is 1. The summed E-state index contributed by atoms with van der Waals surface area (Å²) in [5, 5.41) is 14.4. The molecule has 2 heterocycles. The third-order valence-corrected chi connectivity index (χ3v) is 3.25. The summed E-state index contributed by atoms with van der Waals surface area (Å²) in [5.74, 6) is -0.963. The molecular formula is C14H13N3O2. The molecule has 19 heavy (non-hydrogen) atoms. The second-order valence-corrected chi connectivity index (χ2v) is 4.58. The zero-order valence-corrected chi connectivity index (χ0v) is 10.6. The molecule has 0 saturated carbocycles. The number of aromatic carboxylic acids is 1. The number of aromatic amines is 1. The van der Waals surface area contributed by atoms with Crippen LogP contribution in [0.3, 0.4) is 0 Å². The van der Waals surface area contributed by atoms with E-state index in [9.17, 15) is 9.90 Å². The maximum atomic E-state index is 11.4. The van der Waals surface area contributed by atoms with Crippen LogP contribution in [0.4, 0.5) is 0 Å². The molecule has 1 aromatic carbocycles. The van der Waals surface area contributed by atoms with Gasteiger partial charge in [-0.05, 0) is 12.5 Å². The molecule has 0 fully saturated rings. The molecule has 0 amide bonds. The van der Waals surface area contributed by atoms with E-state index in [1.54, 1.807) is 10.9 Å². The van der Waals surface area contributed by atoms with Crippen molar-refractivity contribution in [2.24, 2.45) is 7.05 Å². The molecule has 0 saturated heterocycles. The number of aryl methyl sites for hydroxylation is 2. The molecule has 5 nitrogen and oxygen atoms in total. The fourth-order valence-electron chi connectivity index (χ4n) is 2.37. The molecule has 96 valence electrons. The van der Waals surface area contributed by atoms with Crippen molar-refractivity contribution in [3.8, 4) is 11.1 Å². The van der Waals surface area contributed by atoms with Crippen LogP contribution in [0.25, 0.3) is 22.0 Å². The average molecular weight is 255 g/mol. The van der Waals surface area contributed by atoms with Crippen LogP contribution < -0.4 is 0 Å². The van der Waals surface area contributed by atoms with Gasteiger partial charge in [-0.3, -0.25) is 4.68 Å². The molecule has 0 atom stereocenters. The maximum Gasteiger partial charge on any atom is 0.352 e. The number of carboxylic acids is 1. The van der Waals surface area contributed by atoms with E-state index >= 15 is 0 Å². The van der Waals surface area contributed by atoms with E-state index in [0.717, 1.165) is 22.0 Å². The Kier molecular flexibility index (Phi) is 2.41. The van der Waals surface area contributed by atoms with Gasteiger partial charge in [-0.25, -0.2) is 4.79 Å². The summed E-state index contributed by atoms with van der Waals surface area (Å²) >= 11 is 0. The Morgan fingerprint density at radius 2 is 2.21 bits per heavy atom. The van der Waals surface area contributed by atoms with Gasteiger partial charge in [0.1, 0.15) is 5.69 Å². The normalized spacial score (nSPS) is 11.1. The van der Waals surface area contributed by atoms with Gasteiger partial charge >= 0.3 is 5.97 Å². The molecule has 2 aromatic heterocycles. The second-order valence-electron chi connectivity index (χ2n) is 4.58. The van der Waals surface area contributed by atoms with Crippen molar-refractivity contribution in [1.82, 2.24) is 14.8 Å². The van der Waals surface area contributed by atoms with Crippen LogP contribution in [0.15, 0.2) is 30.6 Å². The first-order valence-corrected chi connectivity index (χ1v) is 5.91. The lowest BCUT2D eigenvalue weighted by molar-refractivity contribution is 0.0692. The highest BCUT2D eigenvalue weighted by atomic mass is 16.4. The fourth-order valence-corrected chi connectivity index (χ4v) is 2.37. The van der Waals surface area contributed by atoms with E-state index < -0.39 is 5.97 Å². The predicted octanol–water partition coefficient (Wildman–Crippen LogP) is 2.58. The summed E-state index contributed by atoms with van der Waals surface area (Å²) in [5.41, 5.74) is 3.59. The molecule has 0 spiro atoms. The van der Waals surface area contributed by atoms with Crippen LogP contribution in [-0.2, 0) is 7.05 Å². The Balaban J connectivity index is 2.41. The molecule has 5 heteroatoms. The summed E-state index contributed by atoms with van der Waals surface area (Å²) < 4.78 is 1.66. The number of hydrogen-bond acceptors (Lipinski definition) is 2. The topological polar surface area (TPSA) is 70.9 Å². The van der Waals surface area contributed by atoms with Crippen molar-refractivity contribution in [2.75, 3.05) is 0 Å². The van der Waals surface area contributed by atoms with Crippen LogP contribution in [0.2, 0.25) is 0 Å². The fraction of sp³-hybridized carbons (Fsp3) is 0.143. The van der Waals surface area contributed by atoms with Gasteiger partial charge in [-0.2, -0.15) is 5.10 Å². The van der Waals surface area contributed by atoms with Crippen molar-refractivity contribution < 1.29 is 9.90 Å². The Morgan fingerprint density at radius 3 is 2.84 bits per heavy atom. The van der Waals surface area contributed by atoms with Gasteiger partial charge in [0.05, 0.1) is 6.20 Å². The number of rotatable bonds is 2. The summed E-state index contributed by atoms with van der Waals surface area (Å²) in [4.78, 5) is 14.4. The largest absolute Gasteiger partial charge is 0.477 e. The van der Waals surface area contributed by atoms with Crippen LogP contribution >= 0.6 is 0 Å². The van der Waals surface area contributed by atoms with E-state index in [0.29, 0.717) is 5.56 Å². The molecule has 0 unspecified atom stereocenters. The van der Waals surface area contributed by atoms with Gasteiger partial charge in [0.2, 0.25) is 0 Å². The van der Waals surface area contributed by atoms with E-state index in [2.05, 4.69) is 10.1 Å². The average Bonchev–Trinajstić information content (AvgIpc) is 2.93. The summed E-state index contributed by atoms with van der Waals surface area (Å²) in [6.45, 7) is 1.96. The van der Waals surface area contributed by atoms with Gasteiger partial charge in [-0.1, -0.05) is 18.2 Å². The first-order chi connectivity index (χ1) is 9.08. The molecular weight excluding hydrogens is 242 g/mol. The molecule has 3 rings (SSSR count). The molecule has 0 aliphatic carbocycles. The lowest BCUT2D eigenvalue weighted by Crippen LogP contribution is -1.98. The third kappa shape index (κ3) is 1.71. The summed E-state index contributed by atoms with van der Waals surface area (Å²) in [6.07, 6.45) is 3.49. The molecule has 0 aliphatic heterocycles. The molecule has 0 bridgehead atoms. The van der Waals surface area contributed by atoms with E-state index in [4.69, 9.17) is 0 Å². The van der Waals surface area contributed by atoms with Crippen LogP contribution in [0, 0.1) is 6.92 Å². The molecule has 0 radical (unpaired) electrons. The number of carbonyl (C=O) groups is 1. The Hall–Kier alpha value is -2.56. The summed E-state index contributed by atoms with van der Waals surface area (Å²) in [6, 6.07) is 5.81. The Labute approximate surface area is 109 Å². The zero-order valence-electron chi connectivity index (χ0n) is 10.6. The van der Waals surface area contributed by atoms with Crippen molar-refractivity contribution in [1.29, 1.82) is 0 Å². The maximum absolute atomic E-state index is 11.4. The standard InChI is InChI=1S/C14H13N3O2/c1-8-4-3-5-10-11(9-6-15-17(2)7-9)13(14(18)19)16-12(8)10/h3-7,16H,1-2H3,(H,18,19). The number of aromatic nitrogens is 3. The number of fused-ring (bicyclic) bond motifs is 1. The first-order valence-electron chi connectivity index (χ1n) is 5.91. The van der Waals surface area contributed by atoms with Gasteiger partial charge in [0, 0.05) is 35.3 Å². The van der Waals surface area contributed by atoms with Crippen LogP contribution in [0.5, 0.6) is 0 Å². The first kappa shape index (κ1) is 11.5. The number of nitrogens with one attached hydrogen (secondary N) is 1. The van der Waals surface area contributed by atoms with E-state index in [1.165, 1.54) is 0 Å². The van der Waals surface area contributed by atoms with E-state index in [1.807, 2.05) is 38.4 Å². The summed E-state index contributed by atoms with van der Waals surface area (Å²) in [7, 11) is 1.81. The smallest absolute Gasteiger partial charge is 0.352 e. The third-order valence-electron chi connectivity index (χ3n) is 3.25. The SMILES string of the molecule is Cc1cccc2c(-c3cnn(C)c3)c(C(=O)O)[nH]c12. The van der Waals surface area contributed by atoms with Crippen molar-refractivity contribution in [3.05, 3.63) is 41.9 Å². The monoisotopic (exact) mass is 255 g/mol. The quantitative estimate of drug-likeness (QED) is 0.739. The Morgan fingerprint density at radius 1 is 1.42 bits per heavy atom. The molecule has 0 aliphatic rings. The van der Waals surface area contributed by atoms with Crippen molar-refractivity contribution in [3.63, 3.8) is 0 Å². The highest BCUT2D eigenvalue weighted by molar-refractivity contribution is 6.08. The zero-order chi connectivity index (χ0) is 13.6. The number of hydrogen-bond donors (Lipinski definition) is 2. The van der Waals surface area contributed by atoms with Crippen molar-refractivity contribution >= 4 is 16.9 Å². The number of nitrogens with zero attached hydrogens (tertiary/aromatic N) is 2. The lowest BCUT2D eigenvalue weighted by atomic mass is 10.0. The molecule has 3 aromatic rings. The lowest BCUT2D eigenvalue weighted by Gasteiger charge is -1.98. The Bertz CT molecular complexity index is 783. The minimum atomic E-state index is -0.963. The highest BCUT2D eigenvalue weighted by Crippen LogP contribution is 2.33. The second kappa shape index (κ2) is 3.98. The van der Waals surface area contributed by atoms with Gasteiger partial charge in [0.15, 0.2) is 0 Å². The van der Waals surface area contributed by atoms with Crippen molar-refractivity contribution in [2.45, 2.75) is 6.92 Å². The number of carboxylic acid groups (broad SMARTS) is 1. The predicted molar refractivity (Wildman–Crippen MR) is 72.2 cm³/mol.